The topological polar surface area (TPSA) is 242 Å². The Morgan fingerprint density at radius 3 is 1.52 bits per heavy atom. The summed E-state index contributed by atoms with van der Waals surface area (Å²) in [6.07, 6.45) is -0.0882. The molecule has 0 aromatic carbocycles. The molecule has 0 rings (SSSR count). The number of hydrogen-bond donors (Lipinski definition) is 0. The summed E-state index contributed by atoms with van der Waals surface area (Å²) < 4.78 is 45.1. The summed E-state index contributed by atoms with van der Waals surface area (Å²) in [7, 11) is -3.53. The lowest BCUT2D eigenvalue weighted by Gasteiger charge is -2.03. The third-order valence-electron chi connectivity index (χ3n) is 1.10. The maximum absolute atomic E-state index is 10.7. The predicted octanol–water partition coefficient (Wildman–Crippen LogP) is 4.29. The van der Waals surface area contributed by atoms with Gasteiger partial charge in [-0.15, -0.1) is 0 Å². The van der Waals surface area contributed by atoms with Crippen molar-refractivity contribution in [2.75, 3.05) is 27.6 Å². The van der Waals surface area contributed by atoms with Gasteiger partial charge < -0.3 is 13.8 Å². The molecule has 0 aromatic heterocycles. The minimum absolute atomic E-state index is 0. The Morgan fingerprint density at radius 2 is 1.44 bits per heavy atom. The van der Waals surface area contributed by atoms with Crippen molar-refractivity contribution in [2.24, 2.45) is 14.5 Å². The summed E-state index contributed by atoms with van der Waals surface area (Å²) in [6, 6.07) is 0. The first-order valence-electron chi connectivity index (χ1n) is 4.73. The average molecular weight is 405 g/mol. The molecule has 0 saturated carbocycles. The smallest absolute Gasteiger partial charge is 0.419 e. The van der Waals surface area contributed by atoms with Crippen LogP contribution >= 0.6 is 7.75 Å². The van der Waals surface area contributed by atoms with Gasteiger partial charge in [0, 0.05) is 49.7 Å². The number of azide groups is 3. The Balaban J connectivity index is -0.0000000778. The maximum Gasteiger partial charge on any atom is 0.419 e. The zero-order chi connectivity index (χ0) is 18.9. The van der Waals surface area contributed by atoms with E-state index in [4.69, 9.17) is 16.6 Å². The summed E-state index contributed by atoms with van der Waals surface area (Å²) >= 11 is 0. The first-order valence-corrected chi connectivity index (χ1v) is 8.07. The highest BCUT2D eigenvalue weighted by atomic mass is 32.2. The highest BCUT2D eigenvalue weighted by Crippen LogP contribution is 2.47. The van der Waals surface area contributed by atoms with Crippen LogP contribution in [0.2, 0.25) is 0 Å². The van der Waals surface area contributed by atoms with Crippen molar-refractivity contribution in [2.45, 2.75) is 14.9 Å². The number of carbonyl (C=O) groups is 1. The standard InChI is InChI=1S/C2H6N3O3P.C2H3N3O2.CH3N3O2S.2CH4/c1-7-9(6,8-2)5-4-3;1-7-2(6)4-5-3;1-7(5,6)4-3-2;;/h1-2H3;2*1H3;2*1H4. The van der Waals surface area contributed by atoms with Gasteiger partial charge in [0.1, 0.15) is 0 Å². The zero-order valence-corrected chi connectivity index (χ0v) is 13.9. The zero-order valence-electron chi connectivity index (χ0n) is 12.2. The van der Waals surface area contributed by atoms with E-state index >= 15 is 0 Å². The van der Waals surface area contributed by atoms with Crippen LogP contribution in [0, 0.1) is 0 Å². The molecule has 146 valence electrons. The van der Waals surface area contributed by atoms with E-state index in [0.29, 0.717) is 0 Å². The minimum atomic E-state index is -3.47. The molecule has 0 bridgehead atoms. The molecular weight excluding hydrogens is 385 g/mol. The molecule has 16 nitrogen and oxygen atoms in total. The van der Waals surface area contributed by atoms with E-state index < -0.39 is 23.9 Å². The fourth-order valence-electron chi connectivity index (χ4n) is 0.340. The van der Waals surface area contributed by atoms with E-state index in [0.717, 1.165) is 27.6 Å². The molecule has 0 spiro atoms. The van der Waals surface area contributed by atoms with Gasteiger partial charge in [-0.25, -0.2) is 13.2 Å². The van der Waals surface area contributed by atoms with E-state index in [1.54, 1.807) is 0 Å². The number of hydrogen-bond acceptors (Lipinski definition) is 7. The maximum atomic E-state index is 10.7. The molecule has 0 aliphatic rings. The third kappa shape index (κ3) is 30.0. The molecule has 0 heterocycles. The van der Waals surface area contributed by atoms with Gasteiger partial charge in [-0.05, 0) is 16.6 Å². The van der Waals surface area contributed by atoms with Crippen LogP contribution in [-0.4, -0.2) is 42.1 Å². The molecule has 0 fully saturated rings. The summed E-state index contributed by atoms with van der Waals surface area (Å²) in [4.78, 5) is 19.0. The van der Waals surface area contributed by atoms with Gasteiger partial charge in [0.15, 0.2) is 0 Å². The third-order valence-corrected chi connectivity index (χ3v) is 2.69. The van der Waals surface area contributed by atoms with Gasteiger partial charge in [-0.3, -0.25) is 4.57 Å². The van der Waals surface area contributed by atoms with Gasteiger partial charge in [-0.2, -0.15) is 0 Å². The van der Waals surface area contributed by atoms with Crippen LogP contribution in [0.3, 0.4) is 0 Å². The second-order valence-corrected chi connectivity index (χ2v) is 6.05. The van der Waals surface area contributed by atoms with Gasteiger partial charge in [0.2, 0.25) is 10.0 Å². The molecule has 0 radical (unpaired) electrons. The lowest BCUT2D eigenvalue weighted by molar-refractivity contribution is 0.182. The van der Waals surface area contributed by atoms with Crippen molar-refractivity contribution >= 4 is 23.9 Å². The van der Waals surface area contributed by atoms with Crippen LogP contribution in [0.15, 0.2) is 14.5 Å². The first kappa shape index (κ1) is 34.0. The summed E-state index contributed by atoms with van der Waals surface area (Å²) in [5, 5.41) is 2.56. The Morgan fingerprint density at radius 1 is 1.00 bits per heavy atom. The van der Waals surface area contributed by atoms with Crippen molar-refractivity contribution < 1.29 is 31.6 Å². The first-order chi connectivity index (χ1) is 10.6. The van der Waals surface area contributed by atoms with Crippen LogP contribution in [0.4, 0.5) is 4.79 Å². The van der Waals surface area contributed by atoms with E-state index in [2.05, 4.69) is 38.1 Å². The fourth-order valence-corrected chi connectivity index (χ4v) is 0.866. The normalized spacial score (nSPS) is 8.32. The number of nitrogens with zero attached hydrogens (tertiary/aromatic N) is 9. The fraction of sp³-hybridized carbons (Fsp3) is 0.857. The molecule has 18 heteroatoms. The van der Waals surface area contributed by atoms with Gasteiger partial charge in [0.05, 0.1) is 7.11 Å². The Bertz CT molecular complexity index is 654. The molecule has 0 aliphatic carbocycles. The molecule has 0 aromatic rings. The van der Waals surface area contributed by atoms with Gasteiger partial charge in [-0.1, -0.05) is 14.9 Å². The highest BCUT2D eigenvalue weighted by molar-refractivity contribution is 7.89. The number of carbonyl (C=O) groups excluding carboxylic acids is 1. The number of rotatable bonds is 4. The Labute approximate surface area is 144 Å². The van der Waals surface area contributed by atoms with Crippen LogP contribution < -0.4 is 0 Å². The lowest BCUT2D eigenvalue weighted by atomic mass is 11.2. The monoisotopic (exact) mass is 405 g/mol. The summed E-state index contributed by atoms with van der Waals surface area (Å²) in [5.41, 5.74) is 22.8. The molecule has 0 saturated heterocycles. The number of ether oxygens (including phenoxy) is 1. The average Bonchev–Trinajstić information content (AvgIpc) is 2.47. The Kier molecular flexibility index (Phi) is 26.6. The van der Waals surface area contributed by atoms with E-state index in [-0.39, 0.29) is 14.9 Å². The molecule has 0 atom stereocenters. The minimum Gasteiger partial charge on any atom is -0.464 e. The van der Waals surface area contributed by atoms with Crippen molar-refractivity contribution in [3.8, 4) is 0 Å². The van der Waals surface area contributed by atoms with Crippen LogP contribution in [0.5, 0.6) is 0 Å². The SMILES string of the molecule is C.C.COC(=O)N=[N+]=[N-].COP(=O)(N=[N+]=[N-])OC.CS(=O)(=O)N=[N+]=[N-]. The van der Waals surface area contributed by atoms with Crippen LogP contribution in [0.25, 0.3) is 31.3 Å². The van der Waals surface area contributed by atoms with E-state index in [9.17, 15) is 17.8 Å². The predicted molar refractivity (Wildman–Crippen MR) is 89.8 cm³/mol. The molecular formula is C7H20N9O7PS. The van der Waals surface area contributed by atoms with Crippen molar-refractivity contribution in [3.63, 3.8) is 0 Å². The molecule has 25 heavy (non-hydrogen) atoms. The lowest BCUT2D eigenvalue weighted by Crippen LogP contribution is -1.87. The second-order valence-electron chi connectivity index (χ2n) is 2.58. The number of methoxy groups -OCH3 is 1. The van der Waals surface area contributed by atoms with Gasteiger partial charge >= 0.3 is 13.8 Å². The van der Waals surface area contributed by atoms with E-state index in [1.807, 2.05) is 4.91 Å². The van der Waals surface area contributed by atoms with Crippen LogP contribution in [0.1, 0.15) is 14.9 Å². The Hall–Kier alpha value is -2.50. The molecule has 0 unspecified atom stereocenters. The molecule has 0 aliphatic heterocycles. The number of sulfonamides is 1. The second kappa shape index (κ2) is 19.5. The molecule has 0 N–H and O–H groups in total. The van der Waals surface area contributed by atoms with Crippen molar-refractivity contribution in [1.29, 1.82) is 0 Å². The van der Waals surface area contributed by atoms with Crippen molar-refractivity contribution in [1.82, 2.24) is 0 Å². The summed E-state index contributed by atoms with van der Waals surface area (Å²) in [5.74, 6) is 0. The van der Waals surface area contributed by atoms with E-state index in [1.165, 1.54) is 0 Å². The van der Waals surface area contributed by atoms with Crippen LogP contribution in [-0.2, 0) is 28.4 Å². The quantitative estimate of drug-likeness (QED) is 0.283. The van der Waals surface area contributed by atoms with Crippen molar-refractivity contribution in [3.05, 3.63) is 31.3 Å². The highest BCUT2D eigenvalue weighted by Gasteiger charge is 2.17. The number of amides is 1. The van der Waals surface area contributed by atoms with Gasteiger partial charge in [0.25, 0.3) is 0 Å². The largest absolute Gasteiger partial charge is 0.464 e. The molecule has 1 amide bonds. The summed E-state index contributed by atoms with van der Waals surface area (Å²) in [6.45, 7) is 0.